The van der Waals surface area contributed by atoms with Gasteiger partial charge in [0.25, 0.3) is 0 Å². The first kappa shape index (κ1) is 23.2. The molecule has 1 saturated carbocycles. The van der Waals surface area contributed by atoms with Gasteiger partial charge in [-0.1, -0.05) is 46.5 Å². The molecule has 0 spiro atoms. The van der Waals surface area contributed by atoms with Crippen LogP contribution in [-0.2, 0) is 14.4 Å². The van der Waals surface area contributed by atoms with Gasteiger partial charge in [-0.2, -0.15) is 0 Å². The second kappa shape index (κ2) is 9.34. The number of carbonyl (C=O) groups is 3. The number of amides is 3. The van der Waals surface area contributed by atoms with E-state index in [0.29, 0.717) is 31.0 Å². The van der Waals surface area contributed by atoms with Gasteiger partial charge >= 0.3 is 0 Å². The Morgan fingerprint density at radius 3 is 2.48 bits per heavy atom. The molecule has 2 fully saturated rings. The Morgan fingerprint density at radius 1 is 1.26 bits per heavy atom. The van der Waals surface area contributed by atoms with Crippen LogP contribution in [0.2, 0.25) is 0 Å². The highest BCUT2D eigenvalue weighted by Gasteiger charge is 2.53. The zero-order valence-corrected chi connectivity index (χ0v) is 18.7. The van der Waals surface area contributed by atoms with Gasteiger partial charge < -0.3 is 10.2 Å². The lowest BCUT2D eigenvalue weighted by atomic mass is 9.74. The van der Waals surface area contributed by atoms with E-state index < -0.39 is 22.8 Å². The van der Waals surface area contributed by atoms with Gasteiger partial charge in [0.2, 0.25) is 17.7 Å². The Morgan fingerprint density at radius 2 is 1.90 bits per heavy atom. The van der Waals surface area contributed by atoms with E-state index >= 15 is 0 Å². The zero-order chi connectivity index (χ0) is 22.6. The molecule has 8 heteroatoms. The molecule has 0 radical (unpaired) electrons. The van der Waals surface area contributed by atoms with Crippen molar-refractivity contribution in [2.45, 2.75) is 71.8 Å². The molecule has 3 rings (SSSR count). The van der Waals surface area contributed by atoms with E-state index in [1.165, 1.54) is 0 Å². The second-order valence-corrected chi connectivity index (χ2v) is 10.1. The van der Waals surface area contributed by atoms with Crippen molar-refractivity contribution in [1.82, 2.24) is 15.4 Å². The van der Waals surface area contributed by atoms with Crippen LogP contribution in [0.3, 0.4) is 0 Å². The van der Waals surface area contributed by atoms with Gasteiger partial charge in [-0.25, -0.2) is 5.48 Å². The summed E-state index contributed by atoms with van der Waals surface area (Å²) >= 11 is 0. The number of likely N-dealkylation sites (tertiary alicyclic amines) is 1. The number of hydroxylamine groups is 1. The van der Waals surface area contributed by atoms with Crippen molar-refractivity contribution in [3.8, 4) is 0 Å². The lowest BCUT2D eigenvalue weighted by Gasteiger charge is -2.38. The summed E-state index contributed by atoms with van der Waals surface area (Å²) in [6, 6.07) is 2.73. The molecule has 0 unspecified atom stereocenters. The number of nitrogens with zero attached hydrogens (tertiary/aromatic N) is 2. The Kier molecular flexibility index (Phi) is 6.99. The minimum Gasteiger partial charge on any atom is -0.330 e. The van der Waals surface area contributed by atoms with Crippen molar-refractivity contribution in [2.24, 2.45) is 16.7 Å². The summed E-state index contributed by atoms with van der Waals surface area (Å²) < 4.78 is 0. The van der Waals surface area contributed by atoms with E-state index in [0.717, 1.165) is 25.7 Å². The molecule has 3 amide bonds. The third-order valence-electron chi connectivity index (χ3n) is 6.65. The molecular formula is C23H34N4O4. The van der Waals surface area contributed by atoms with Gasteiger partial charge in [0.05, 0.1) is 5.41 Å². The fraction of sp³-hybridized carbons (Fsp3) is 0.652. The van der Waals surface area contributed by atoms with E-state index in [1.807, 2.05) is 20.8 Å². The third-order valence-corrected chi connectivity index (χ3v) is 6.65. The maximum Gasteiger partial charge on any atom is 0.247 e. The molecule has 1 aliphatic carbocycles. The van der Waals surface area contributed by atoms with Crippen LogP contribution in [-0.4, -0.2) is 45.4 Å². The summed E-state index contributed by atoms with van der Waals surface area (Å²) in [5.41, 5.74) is 0.943. The number of hydrogen-bond donors (Lipinski definition) is 3. The molecule has 1 aromatic heterocycles. The molecule has 1 saturated heterocycles. The lowest BCUT2D eigenvalue weighted by Crippen LogP contribution is -2.54. The Balaban J connectivity index is 1.86. The fourth-order valence-corrected chi connectivity index (χ4v) is 5.28. The Bertz CT molecular complexity index is 802. The molecule has 8 nitrogen and oxygen atoms in total. The van der Waals surface area contributed by atoms with Crippen LogP contribution >= 0.6 is 0 Å². The predicted molar refractivity (Wildman–Crippen MR) is 116 cm³/mol. The summed E-state index contributed by atoms with van der Waals surface area (Å²) in [5.74, 6) is -0.570. The number of hydrogen-bond acceptors (Lipinski definition) is 5. The fourth-order valence-electron chi connectivity index (χ4n) is 5.28. The van der Waals surface area contributed by atoms with Gasteiger partial charge in [0.15, 0.2) is 0 Å². The number of pyridine rings is 1. The molecule has 0 aromatic carbocycles. The summed E-state index contributed by atoms with van der Waals surface area (Å²) in [6.07, 6.45) is 8.67. The third kappa shape index (κ3) is 5.23. The highest BCUT2D eigenvalue weighted by molar-refractivity contribution is 5.99. The first-order chi connectivity index (χ1) is 14.7. The van der Waals surface area contributed by atoms with Crippen LogP contribution in [0, 0.1) is 16.7 Å². The molecule has 170 valence electrons. The van der Waals surface area contributed by atoms with Crippen molar-refractivity contribution in [2.75, 3.05) is 11.9 Å². The van der Waals surface area contributed by atoms with Crippen LogP contribution in [0.25, 0.3) is 0 Å². The summed E-state index contributed by atoms with van der Waals surface area (Å²) in [5, 5.41) is 12.0. The van der Waals surface area contributed by atoms with Crippen LogP contribution < -0.4 is 10.8 Å². The van der Waals surface area contributed by atoms with E-state index in [-0.39, 0.29) is 18.2 Å². The van der Waals surface area contributed by atoms with Gasteiger partial charge in [0.1, 0.15) is 6.04 Å². The molecule has 2 atom stereocenters. The van der Waals surface area contributed by atoms with Gasteiger partial charge in [-0.15, -0.1) is 0 Å². The zero-order valence-electron chi connectivity index (χ0n) is 18.7. The molecule has 2 aliphatic rings. The van der Waals surface area contributed by atoms with Crippen LogP contribution in [0.15, 0.2) is 24.5 Å². The Hall–Kier alpha value is -2.48. The first-order valence-electron chi connectivity index (χ1n) is 11.1. The largest absolute Gasteiger partial charge is 0.330 e. The number of carbonyl (C=O) groups excluding carboxylic acids is 3. The van der Waals surface area contributed by atoms with Crippen molar-refractivity contribution in [1.29, 1.82) is 0 Å². The van der Waals surface area contributed by atoms with Gasteiger partial charge in [0, 0.05) is 31.0 Å². The van der Waals surface area contributed by atoms with Gasteiger partial charge in [-0.3, -0.25) is 24.6 Å². The van der Waals surface area contributed by atoms with E-state index in [2.05, 4.69) is 10.3 Å². The molecule has 1 aromatic rings. The second-order valence-electron chi connectivity index (χ2n) is 10.1. The summed E-state index contributed by atoms with van der Waals surface area (Å²) in [4.78, 5) is 44.8. The maximum atomic E-state index is 13.8. The average molecular weight is 431 g/mol. The smallest absolute Gasteiger partial charge is 0.247 e. The summed E-state index contributed by atoms with van der Waals surface area (Å²) in [6.45, 7) is 6.23. The van der Waals surface area contributed by atoms with E-state index in [4.69, 9.17) is 5.21 Å². The number of nitrogens with one attached hydrogen (secondary N) is 2. The standard InChI is InChI=1S/C23H34N4O4/c1-22(2,3)19(20(29)25-17-8-11-24-12-9-17)27-13-10-23(21(27)30,15-18(28)26-31)14-16-6-4-5-7-16/h8-9,11-12,16,19,31H,4-7,10,13-15H2,1-3H3,(H,26,28)(H,24,25,29)/t19-,23+/m0/s1. The number of anilines is 1. The number of aromatic nitrogens is 1. The lowest BCUT2D eigenvalue weighted by molar-refractivity contribution is -0.148. The van der Waals surface area contributed by atoms with Crippen molar-refractivity contribution >= 4 is 23.4 Å². The first-order valence-corrected chi connectivity index (χ1v) is 11.1. The molecular weight excluding hydrogens is 396 g/mol. The van der Waals surface area contributed by atoms with E-state index in [1.54, 1.807) is 34.9 Å². The van der Waals surface area contributed by atoms with Crippen molar-refractivity contribution < 1.29 is 19.6 Å². The van der Waals surface area contributed by atoms with Gasteiger partial charge in [-0.05, 0) is 36.3 Å². The monoisotopic (exact) mass is 430 g/mol. The van der Waals surface area contributed by atoms with Crippen molar-refractivity contribution in [3.05, 3.63) is 24.5 Å². The minimum absolute atomic E-state index is 0.0574. The molecule has 0 bridgehead atoms. The van der Waals surface area contributed by atoms with Crippen LogP contribution in [0.5, 0.6) is 0 Å². The number of rotatable bonds is 7. The van der Waals surface area contributed by atoms with Crippen molar-refractivity contribution in [3.63, 3.8) is 0 Å². The van der Waals surface area contributed by atoms with Crippen LogP contribution in [0.4, 0.5) is 5.69 Å². The molecule has 31 heavy (non-hydrogen) atoms. The average Bonchev–Trinajstić information content (AvgIpc) is 3.32. The normalized spacial score (nSPS) is 23.1. The minimum atomic E-state index is -0.873. The quantitative estimate of drug-likeness (QED) is 0.455. The molecule has 1 aliphatic heterocycles. The predicted octanol–water partition coefficient (Wildman–Crippen LogP) is 3.13. The molecule has 2 heterocycles. The highest BCUT2D eigenvalue weighted by Crippen LogP contribution is 2.46. The topological polar surface area (TPSA) is 112 Å². The SMILES string of the molecule is CC(C)(C)[C@H](C(=O)Nc1ccncc1)N1CC[C@](CC(=O)NO)(CC2CCCC2)C1=O. The van der Waals surface area contributed by atoms with Crippen LogP contribution in [0.1, 0.15) is 65.7 Å². The summed E-state index contributed by atoms with van der Waals surface area (Å²) in [7, 11) is 0. The maximum absolute atomic E-state index is 13.8. The molecule has 3 N–H and O–H groups in total. The van der Waals surface area contributed by atoms with E-state index in [9.17, 15) is 14.4 Å². The highest BCUT2D eigenvalue weighted by atomic mass is 16.5. The Labute approximate surface area is 183 Å².